The van der Waals surface area contributed by atoms with Crippen molar-refractivity contribution in [3.05, 3.63) is 29.8 Å². The molecule has 1 aromatic carbocycles. The van der Waals surface area contributed by atoms with Gasteiger partial charge in [-0.2, -0.15) is 0 Å². The van der Waals surface area contributed by atoms with E-state index in [-0.39, 0.29) is 23.5 Å². The number of aromatic hydroxyl groups is 1. The van der Waals surface area contributed by atoms with E-state index in [4.69, 9.17) is 4.74 Å². The molecule has 3 amide bonds. The van der Waals surface area contributed by atoms with Crippen molar-refractivity contribution in [2.24, 2.45) is 5.92 Å². The Morgan fingerprint density at radius 2 is 1.46 bits per heavy atom. The number of phenolic OH excluding ortho intramolecular Hbond substituents is 1. The number of alkyl carbamates (subject to hydrolysis) is 1. The number of amides is 3. The molecule has 1 aromatic rings. The first-order valence-electron chi connectivity index (χ1n) is 14.8. The summed E-state index contributed by atoms with van der Waals surface area (Å²) in [6, 6.07) is 4.65. The Kier molecular flexibility index (Phi) is 15.6. The Bertz CT molecular complexity index is 864. The lowest BCUT2D eigenvalue weighted by Crippen LogP contribution is -2.55. The van der Waals surface area contributed by atoms with Crippen LogP contribution in [0.2, 0.25) is 0 Å². The van der Waals surface area contributed by atoms with Gasteiger partial charge in [-0.1, -0.05) is 84.8 Å². The highest BCUT2D eigenvalue weighted by Gasteiger charge is 2.37. The van der Waals surface area contributed by atoms with E-state index < -0.39 is 23.8 Å². The first-order chi connectivity index (χ1) is 18.4. The number of phenols is 1. The largest absolute Gasteiger partial charge is 0.508 e. The number of hydrogen-bond acceptors (Lipinski definition) is 5. The second-order valence-corrected chi connectivity index (χ2v) is 11.7. The third-order valence-electron chi connectivity index (χ3n) is 6.49. The summed E-state index contributed by atoms with van der Waals surface area (Å²) in [5.74, 6) is -0.742. The number of nitrogens with one attached hydrogen (secondary N) is 2. The summed E-state index contributed by atoms with van der Waals surface area (Å²) >= 11 is 0. The predicted molar refractivity (Wildman–Crippen MR) is 156 cm³/mol. The molecule has 39 heavy (non-hydrogen) atoms. The molecule has 8 heteroatoms. The van der Waals surface area contributed by atoms with Gasteiger partial charge in [0.25, 0.3) is 0 Å². The summed E-state index contributed by atoms with van der Waals surface area (Å²) in [5.41, 5.74) is -0.0975. The van der Waals surface area contributed by atoms with E-state index in [1.807, 2.05) is 13.8 Å². The Labute approximate surface area is 236 Å². The number of nitrogens with zero attached hydrogens (tertiary/aromatic N) is 1. The standard InChI is InChI=1S/C31H53N3O5/c1-8-10-12-13-14-16-22-34(29(37)26(23(3)4)33-30(38)39-31(5,6)7)27(24-17-19-25(35)20-18-24)28(36)32-21-15-11-9-2/h17-20,23,26-27,35H,8-16,21-22H2,1-7H3,(H,32,36)(H,33,38). The molecule has 0 aliphatic heterocycles. The highest BCUT2D eigenvalue weighted by molar-refractivity contribution is 5.92. The molecule has 2 unspecified atom stereocenters. The van der Waals surface area contributed by atoms with Gasteiger partial charge < -0.3 is 25.4 Å². The van der Waals surface area contributed by atoms with E-state index in [1.54, 1.807) is 37.8 Å². The van der Waals surface area contributed by atoms with Gasteiger partial charge in [-0.25, -0.2) is 4.79 Å². The average Bonchev–Trinajstić information content (AvgIpc) is 2.85. The average molecular weight is 548 g/mol. The first kappa shape index (κ1) is 34.3. The summed E-state index contributed by atoms with van der Waals surface area (Å²) in [6.45, 7) is 14.2. The first-order valence-corrected chi connectivity index (χ1v) is 14.8. The molecule has 0 saturated carbocycles. The minimum absolute atomic E-state index is 0.0845. The van der Waals surface area contributed by atoms with Gasteiger partial charge in [0.15, 0.2) is 0 Å². The molecule has 2 atom stereocenters. The van der Waals surface area contributed by atoms with Crippen molar-refractivity contribution in [3.63, 3.8) is 0 Å². The van der Waals surface area contributed by atoms with Gasteiger partial charge in [0.05, 0.1) is 0 Å². The summed E-state index contributed by atoms with van der Waals surface area (Å²) in [7, 11) is 0. The molecule has 0 saturated heterocycles. The smallest absolute Gasteiger partial charge is 0.408 e. The highest BCUT2D eigenvalue weighted by atomic mass is 16.6. The number of hydrogen-bond donors (Lipinski definition) is 3. The second kappa shape index (κ2) is 17.7. The zero-order valence-electron chi connectivity index (χ0n) is 25.3. The minimum Gasteiger partial charge on any atom is -0.508 e. The Balaban J connectivity index is 3.34. The van der Waals surface area contributed by atoms with Crippen LogP contribution in [-0.2, 0) is 14.3 Å². The lowest BCUT2D eigenvalue weighted by Gasteiger charge is -2.35. The molecule has 0 bridgehead atoms. The molecular weight excluding hydrogens is 494 g/mol. The number of benzene rings is 1. The van der Waals surface area contributed by atoms with Crippen LogP contribution in [-0.4, -0.2) is 52.6 Å². The predicted octanol–water partition coefficient (Wildman–Crippen LogP) is 6.48. The molecular formula is C31H53N3O5. The van der Waals surface area contributed by atoms with Crippen LogP contribution in [0.4, 0.5) is 4.79 Å². The Morgan fingerprint density at radius 1 is 0.897 bits per heavy atom. The molecule has 222 valence electrons. The van der Waals surface area contributed by atoms with Gasteiger partial charge in [0, 0.05) is 13.1 Å². The molecule has 0 aromatic heterocycles. The van der Waals surface area contributed by atoms with Crippen molar-refractivity contribution in [2.75, 3.05) is 13.1 Å². The Hall–Kier alpha value is -2.77. The molecule has 0 fully saturated rings. The summed E-state index contributed by atoms with van der Waals surface area (Å²) < 4.78 is 5.44. The van der Waals surface area contributed by atoms with Crippen molar-refractivity contribution in [2.45, 2.75) is 124 Å². The fourth-order valence-corrected chi connectivity index (χ4v) is 4.37. The van der Waals surface area contributed by atoms with E-state index in [0.717, 1.165) is 51.4 Å². The summed E-state index contributed by atoms with van der Waals surface area (Å²) in [4.78, 5) is 42.0. The highest BCUT2D eigenvalue weighted by Crippen LogP contribution is 2.26. The van der Waals surface area contributed by atoms with Gasteiger partial charge in [0.1, 0.15) is 23.4 Å². The third-order valence-corrected chi connectivity index (χ3v) is 6.49. The van der Waals surface area contributed by atoms with Gasteiger partial charge in [-0.3, -0.25) is 9.59 Å². The van der Waals surface area contributed by atoms with Crippen LogP contribution in [0.5, 0.6) is 5.75 Å². The SMILES string of the molecule is CCCCCCCCN(C(=O)C(NC(=O)OC(C)(C)C)C(C)C)C(C(=O)NCCCCC)c1ccc(O)cc1. The number of carbonyl (C=O) groups excluding carboxylic acids is 3. The maximum atomic E-state index is 14.1. The number of carbonyl (C=O) groups is 3. The van der Waals surface area contributed by atoms with Crippen LogP contribution in [0.3, 0.4) is 0 Å². The zero-order chi connectivity index (χ0) is 29.4. The van der Waals surface area contributed by atoms with Gasteiger partial charge in [0.2, 0.25) is 11.8 Å². The van der Waals surface area contributed by atoms with Gasteiger partial charge in [-0.05, 0) is 57.2 Å². The monoisotopic (exact) mass is 547 g/mol. The lowest BCUT2D eigenvalue weighted by atomic mass is 9.98. The quantitative estimate of drug-likeness (QED) is 0.194. The molecule has 0 spiro atoms. The summed E-state index contributed by atoms with van der Waals surface area (Å²) in [6.07, 6.45) is 8.42. The molecule has 0 radical (unpaired) electrons. The van der Waals surface area contributed by atoms with Gasteiger partial charge in [-0.15, -0.1) is 0 Å². The van der Waals surface area contributed by atoms with Crippen LogP contribution in [0, 0.1) is 5.92 Å². The van der Waals surface area contributed by atoms with Gasteiger partial charge >= 0.3 is 6.09 Å². The van der Waals surface area contributed by atoms with Crippen molar-refractivity contribution < 1.29 is 24.2 Å². The fraction of sp³-hybridized carbons (Fsp3) is 0.710. The molecule has 0 aliphatic carbocycles. The van der Waals surface area contributed by atoms with Crippen LogP contribution in [0.15, 0.2) is 24.3 Å². The molecule has 8 nitrogen and oxygen atoms in total. The molecule has 0 heterocycles. The van der Waals surface area contributed by atoms with Crippen molar-refractivity contribution in [3.8, 4) is 5.75 Å². The fourth-order valence-electron chi connectivity index (χ4n) is 4.37. The van der Waals surface area contributed by atoms with Crippen molar-refractivity contribution in [1.29, 1.82) is 0 Å². The van der Waals surface area contributed by atoms with Crippen LogP contribution < -0.4 is 10.6 Å². The number of ether oxygens (including phenoxy) is 1. The minimum atomic E-state index is -0.892. The lowest BCUT2D eigenvalue weighted by molar-refractivity contribution is -0.143. The maximum absolute atomic E-state index is 14.1. The van der Waals surface area contributed by atoms with E-state index >= 15 is 0 Å². The van der Waals surface area contributed by atoms with E-state index in [0.29, 0.717) is 18.7 Å². The second-order valence-electron chi connectivity index (χ2n) is 11.7. The molecule has 1 rings (SSSR count). The molecule has 3 N–H and O–H groups in total. The molecule has 0 aliphatic rings. The number of unbranched alkanes of at least 4 members (excludes halogenated alkanes) is 7. The normalized spacial score (nSPS) is 13.0. The van der Waals surface area contributed by atoms with Crippen LogP contribution in [0.25, 0.3) is 0 Å². The van der Waals surface area contributed by atoms with E-state index in [2.05, 4.69) is 24.5 Å². The van der Waals surface area contributed by atoms with Crippen molar-refractivity contribution in [1.82, 2.24) is 15.5 Å². The van der Waals surface area contributed by atoms with Crippen LogP contribution in [0.1, 0.15) is 118 Å². The van der Waals surface area contributed by atoms with E-state index in [9.17, 15) is 19.5 Å². The summed E-state index contributed by atoms with van der Waals surface area (Å²) in [5, 5.41) is 15.7. The topological polar surface area (TPSA) is 108 Å². The zero-order valence-corrected chi connectivity index (χ0v) is 25.3. The Morgan fingerprint density at radius 3 is 2.03 bits per heavy atom. The van der Waals surface area contributed by atoms with Crippen molar-refractivity contribution >= 4 is 17.9 Å². The maximum Gasteiger partial charge on any atom is 0.408 e. The number of rotatable bonds is 17. The third kappa shape index (κ3) is 13.2. The van der Waals surface area contributed by atoms with E-state index in [1.165, 1.54) is 18.6 Å². The van der Waals surface area contributed by atoms with Crippen LogP contribution >= 0.6 is 0 Å².